The number of nitrogens with zero attached hydrogens (tertiary/aromatic N) is 1. The lowest BCUT2D eigenvalue weighted by atomic mass is 9.87. The van der Waals surface area contributed by atoms with Gasteiger partial charge in [-0.25, -0.2) is 0 Å². The molecule has 0 fully saturated rings. The molecular weight excluding hydrogens is 605 g/mol. The summed E-state index contributed by atoms with van der Waals surface area (Å²) >= 11 is 0. The third-order valence-corrected chi connectivity index (χ3v) is 6.04. The Hall–Kier alpha value is -1.27. The molecule has 0 aliphatic rings. The first-order chi connectivity index (χ1) is 17.6. The summed E-state index contributed by atoms with van der Waals surface area (Å²) in [5, 5.41) is 9.38. The van der Waals surface area contributed by atoms with Crippen molar-refractivity contribution in [1.82, 2.24) is 4.90 Å². The predicted molar refractivity (Wildman–Crippen MR) is 107 cm³/mol. The van der Waals surface area contributed by atoms with Crippen molar-refractivity contribution in [3.63, 3.8) is 0 Å². The Morgan fingerprint density at radius 2 is 0.825 bits per heavy atom. The maximum absolute atomic E-state index is 14.1. The van der Waals surface area contributed by atoms with Gasteiger partial charge in [-0.3, -0.25) is 0 Å². The Morgan fingerprint density at radius 1 is 0.500 bits per heavy atom. The van der Waals surface area contributed by atoms with E-state index in [0.29, 0.717) is 17.7 Å². The van der Waals surface area contributed by atoms with Gasteiger partial charge in [0.15, 0.2) is 0 Å². The van der Waals surface area contributed by atoms with Gasteiger partial charge in [0.1, 0.15) is 6.10 Å². The van der Waals surface area contributed by atoms with Crippen LogP contribution in [0.15, 0.2) is 0 Å². The first-order valence-electron chi connectivity index (χ1n) is 11.7. The zero-order valence-corrected chi connectivity index (χ0v) is 21.0. The van der Waals surface area contributed by atoms with Crippen LogP contribution in [0.2, 0.25) is 0 Å². The van der Waals surface area contributed by atoms with E-state index in [-0.39, 0.29) is 13.0 Å². The number of halogens is 17. The standard InChI is InChI=1S/C21H28F17NO/c1-3-4-5-6-7-8-9-10-11-39(2)12-13(40)14(22,23)15(24,25)16(26,27)17(28,29)18(30,31)19(32,33)20(34,35)21(36,37)38/h13,40H,3-12H2,1-2H3. The molecule has 0 aliphatic heterocycles. The quantitative estimate of drug-likeness (QED) is 0.121. The van der Waals surface area contributed by atoms with Gasteiger partial charge in [0, 0.05) is 6.54 Å². The highest BCUT2D eigenvalue weighted by Gasteiger charge is 2.95. The molecule has 1 N–H and O–H groups in total. The van der Waals surface area contributed by atoms with E-state index in [1.165, 1.54) is 0 Å². The van der Waals surface area contributed by atoms with E-state index in [0.717, 1.165) is 39.2 Å². The van der Waals surface area contributed by atoms with Gasteiger partial charge in [0.2, 0.25) is 0 Å². The Bertz CT molecular complexity index is 782. The van der Waals surface area contributed by atoms with Crippen LogP contribution in [0.3, 0.4) is 0 Å². The van der Waals surface area contributed by atoms with E-state index in [1.54, 1.807) is 0 Å². The van der Waals surface area contributed by atoms with Crippen molar-refractivity contribution in [1.29, 1.82) is 0 Å². The molecule has 0 amide bonds. The molecule has 1 unspecified atom stereocenters. The fourth-order valence-corrected chi connectivity index (χ4v) is 3.40. The van der Waals surface area contributed by atoms with E-state index < -0.39 is 60.3 Å². The normalized spacial score (nSPS) is 16.1. The van der Waals surface area contributed by atoms with Crippen molar-refractivity contribution >= 4 is 0 Å². The zero-order valence-electron chi connectivity index (χ0n) is 21.0. The van der Waals surface area contributed by atoms with Crippen LogP contribution in [0, 0.1) is 0 Å². The van der Waals surface area contributed by atoms with Gasteiger partial charge in [-0.05, 0) is 20.0 Å². The number of hydrogen-bond donors (Lipinski definition) is 1. The maximum Gasteiger partial charge on any atom is 0.460 e. The summed E-state index contributed by atoms with van der Waals surface area (Å²) < 4.78 is 227. The van der Waals surface area contributed by atoms with Crippen LogP contribution in [-0.4, -0.2) is 83.9 Å². The summed E-state index contributed by atoms with van der Waals surface area (Å²) in [5.74, 6) is -57.2. The van der Waals surface area contributed by atoms with Crippen LogP contribution in [0.4, 0.5) is 74.6 Å². The van der Waals surface area contributed by atoms with E-state index in [4.69, 9.17) is 0 Å². The average molecular weight is 633 g/mol. The second kappa shape index (κ2) is 12.9. The first kappa shape index (κ1) is 38.7. The summed E-state index contributed by atoms with van der Waals surface area (Å²) in [4.78, 5) is 0.634. The molecule has 0 aromatic heterocycles. The zero-order chi connectivity index (χ0) is 32.2. The van der Waals surface area contributed by atoms with Gasteiger partial charge in [0.05, 0.1) is 0 Å². The highest BCUT2D eigenvalue weighted by atomic mass is 19.4. The molecule has 0 saturated carbocycles. The van der Waals surface area contributed by atoms with Crippen LogP contribution in [0.25, 0.3) is 0 Å². The fraction of sp³-hybridized carbons (Fsp3) is 1.00. The van der Waals surface area contributed by atoms with Gasteiger partial charge in [0.25, 0.3) is 0 Å². The van der Waals surface area contributed by atoms with Crippen LogP contribution >= 0.6 is 0 Å². The van der Waals surface area contributed by atoms with Crippen molar-refractivity contribution in [2.24, 2.45) is 0 Å². The average Bonchev–Trinajstić information content (AvgIpc) is 2.79. The monoisotopic (exact) mass is 633 g/mol. The molecule has 0 radical (unpaired) electrons. The van der Waals surface area contributed by atoms with Gasteiger partial charge in [-0.2, -0.15) is 74.6 Å². The molecule has 0 aromatic rings. The molecule has 19 heteroatoms. The first-order valence-corrected chi connectivity index (χ1v) is 11.7. The minimum atomic E-state index is -8.68. The summed E-state index contributed by atoms with van der Waals surface area (Å²) in [6.45, 7) is 0.0421. The lowest BCUT2D eigenvalue weighted by Gasteiger charge is -2.43. The summed E-state index contributed by atoms with van der Waals surface area (Å²) in [5.41, 5.74) is 0. The van der Waals surface area contributed by atoms with E-state index in [1.807, 2.05) is 6.92 Å². The number of alkyl halides is 17. The maximum atomic E-state index is 14.1. The second-order valence-corrected chi connectivity index (χ2v) is 9.32. The molecule has 0 heterocycles. The minimum Gasteiger partial charge on any atom is -0.385 e. The lowest BCUT2D eigenvalue weighted by Crippen LogP contribution is -2.75. The minimum absolute atomic E-state index is 0.182. The molecule has 0 rings (SSSR count). The molecular formula is C21H28F17NO. The highest BCUT2D eigenvalue weighted by Crippen LogP contribution is 2.64. The van der Waals surface area contributed by atoms with E-state index in [9.17, 15) is 79.7 Å². The number of likely N-dealkylation sites (N-methyl/N-ethyl adjacent to an activating group) is 1. The predicted octanol–water partition coefficient (Wildman–Crippen LogP) is 8.43. The topological polar surface area (TPSA) is 23.5 Å². The third-order valence-electron chi connectivity index (χ3n) is 6.04. The lowest BCUT2D eigenvalue weighted by molar-refractivity contribution is -0.464. The number of rotatable bonds is 18. The number of aliphatic hydroxyl groups excluding tert-OH is 1. The molecule has 0 spiro atoms. The number of aliphatic hydroxyl groups is 1. The van der Waals surface area contributed by atoms with Gasteiger partial charge < -0.3 is 10.0 Å². The van der Waals surface area contributed by atoms with Crippen LogP contribution in [0.1, 0.15) is 58.3 Å². The van der Waals surface area contributed by atoms with E-state index >= 15 is 0 Å². The van der Waals surface area contributed by atoms with E-state index in [2.05, 4.69) is 0 Å². The van der Waals surface area contributed by atoms with Crippen molar-refractivity contribution in [2.75, 3.05) is 20.1 Å². The third kappa shape index (κ3) is 7.02. The summed E-state index contributed by atoms with van der Waals surface area (Å²) in [7, 11) is 0.874. The summed E-state index contributed by atoms with van der Waals surface area (Å²) in [6, 6.07) is 0. The summed E-state index contributed by atoms with van der Waals surface area (Å²) in [6.07, 6.45) is -6.00. The molecule has 0 bridgehead atoms. The molecule has 2 nitrogen and oxygen atoms in total. The Labute approximate surface area is 217 Å². The number of hydrogen-bond acceptors (Lipinski definition) is 2. The van der Waals surface area contributed by atoms with Gasteiger partial charge in [-0.15, -0.1) is 0 Å². The molecule has 40 heavy (non-hydrogen) atoms. The molecule has 242 valence electrons. The van der Waals surface area contributed by atoms with Crippen LogP contribution in [-0.2, 0) is 0 Å². The Kier molecular flexibility index (Phi) is 12.5. The van der Waals surface area contributed by atoms with Gasteiger partial charge >= 0.3 is 47.6 Å². The van der Waals surface area contributed by atoms with Crippen LogP contribution < -0.4 is 0 Å². The van der Waals surface area contributed by atoms with Crippen molar-refractivity contribution in [2.45, 2.75) is 112 Å². The highest BCUT2D eigenvalue weighted by molar-refractivity contribution is 5.15. The Morgan fingerprint density at radius 3 is 1.20 bits per heavy atom. The van der Waals surface area contributed by atoms with Crippen molar-refractivity contribution in [3.8, 4) is 0 Å². The van der Waals surface area contributed by atoms with Crippen molar-refractivity contribution in [3.05, 3.63) is 0 Å². The largest absolute Gasteiger partial charge is 0.460 e. The Balaban J connectivity index is 5.80. The van der Waals surface area contributed by atoms with Crippen LogP contribution in [0.5, 0.6) is 0 Å². The second-order valence-electron chi connectivity index (χ2n) is 9.32. The SMILES string of the molecule is CCCCCCCCCCN(C)CC(O)C(F)(F)C(F)(F)C(F)(F)C(F)(F)C(F)(F)C(F)(F)C(F)(F)C(F)(F)F. The number of unbranched alkanes of at least 4 members (excludes halogenated alkanes) is 7. The smallest absolute Gasteiger partial charge is 0.385 e. The van der Waals surface area contributed by atoms with Gasteiger partial charge in [-0.1, -0.05) is 51.9 Å². The molecule has 1 atom stereocenters. The molecule has 0 aromatic carbocycles. The molecule has 0 saturated heterocycles. The van der Waals surface area contributed by atoms with Crippen molar-refractivity contribution < 1.29 is 79.7 Å². The molecule has 0 aliphatic carbocycles. The fourth-order valence-electron chi connectivity index (χ4n) is 3.40.